The lowest BCUT2D eigenvalue weighted by Gasteiger charge is -2.15. The molecule has 3 N–H and O–H groups in total. The van der Waals surface area contributed by atoms with E-state index < -0.39 is 0 Å². The fourth-order valence-corrected chi connectivity index (χ4v) is 2.83. The van der Waals surface area contributed by atoms with Crippen LogP contribution in [-0.2, 0) is 7.05 Å². The Labute approximate surface area is 125 Å². The summed E-state index contributed by atoms with van der Waals surface area (Å²) in [5.74, 6) is 0.866. The molecule has 1 atom stereocenters. The Morgan fingerprint density at radius 3 is 3.05 bits per heavy atom. The fraction of sp³-hybridized carbons (Fsp3) is 0.438. The first-order valence-corrected chi connectivity index (χ1v) is 7.48. The summed E-state index contributed by atoms with van der Waals surface area (Å²) < 4.78 is 7.83. The zero-order valence-corrected chi connectivity index (χ0v) is 12.4. The van der Waals surface area contributed by atoms with Gasteiger partial charge in [-0.2, -0.15) is 5.10 Å². The van der Waals surface area contributed by atoms with Crippen molar-refractivity contribution in [2.75, 3.05) is 18.9 Å². The molecule has 0 spiro atoms. The van der Waals surface area contributed by atoms with Gasteiger partial charge in [-0.05, 0) is 50.1 Å². The van der Waals surface area contributed by atoms with E-state index in [2.05, 4.69) is 10.4 Å². The van der Waals surface area contributed by atoms with Gasteiger partial charge in [-0.25, -0.2) is 0 Å². The predicted molar refractivity (Wildman–Crippen MR) is 84.2 cm³/mol. The molecule has 1 saturated heterocycles. The number of hydrogen-bond donors (Lipinski definition) is 2. The van der Waals surface area contributed by atoms with Gasteiger partial charge >= 0.3 is 0 Å². The van der Waals surface area contributed by atoms with E-state index in [1.807, 2.05) is 36.0 Å². The van der Waals surface area contributed by atoms with Gasteiger partial charge in [0, 0.05) is 30.5 Å². The topological polar surface area (TPSA) is 65.1 Å². The molecule has 21 heavy (non-hydrogen) atoms. The number of ether oxygens (including phenoxy) is 1. The normalized spacial score (nSPS) is 18.0. The molecule has 1 aliphatic rings. The van der Waals surface area contributed by atoms with Crippen molar-refractivity contribution in [1.82, 2.24) is 15.1 Å². The van der Waals surface area contributed by atoms with E-state index >= 15 is 0 Å². The first-order chi connectivity index (χ1) is 10.2. The summed E-state index contributed by atoms with van der Waals surface area (Å²) in [4.78, 5) is 0. The number of nitrogens with one attached hydrogen (secondary N) is 1. The predicted octanol–water partition coefficient (Wildman–Crippen LogP) is 2.19. The summed E-state index contributed by atoms with van der Waals surface area (Å²) in [5.41, 5.74) is 8.65. The van der Waals surface area contributed by atoms with E-state index in [-0.39, 0.29) is 0 Å². The molecular weight excluding hydrogens is 264 g/mol. The molecule has 1 aromatic heterocycles. The van der Waals surface area contributed by atoms with E-state index in [4.69, 9.17) is 10.5 Å². The van der Waals surface area contributed by atoms with Crippen LogP contribution in [0.4, 0.5) is 5.69 Å². The largest absolute Gasteiger partial charge is 0.493 e. The van der Waals surface area contributed by atoms with Gasteiger partial charge in [0.1, 0.15) is 5.75 Å². The first-order valence-electron chi connectivity index (χ1n) is 7.48. The van der Waals surface area contributed by atoms with E-state index in [0.29, 0.717) is 12.6 Å². The van der Waals surface area contributed by atoms with Crippen molar-refractivity contribution in [1.29, 1.82) is 0 Å². The molecule has 2 heterocycles. The second-order valence-electron chi connectivity index (χ2n) is 5.53. The Hall–Kier alpha value is -2.01. The summed E-state index contributed by atoms with van der Waals surface area (Å²) in [6.07, 6.45) is 5.34. The van der Waals surface area contributed by atoms with Crippen molar-refractivity contribution in [2.24, 2.45) is 7.05 Å². The Morgan fingerprint density at radius 2 is 2.33 bits per heavy atom. The van der Waals surface area contributed by atoms with Crippen molar-refractivity contribution < 1.29 is 4.74 Å². The lowest BCUT2D eigenvalue weighted by Crippen LogP contribution is -2.23. The van der Waals surface area contributed by atoms with Gasteiger partial charge in [0.25, 0.3) is 0 Å². The number of rotatable bonds is 5. The maximum Gasteiger partial charge on any atom is 0.128 e. The lowest BCUT2D eigenvalue weighted by atomic mass is 10.1. The number of aromatic nitrogens is 2. The highest BCUT2D eigenvalue weighted by Gasteiger charge is 2.15. The van der Waals surface area contributed by atoms with Crippen LogP contribution in [0.5, 0.6) is 5.75 Å². The van der Waals surface area contributed by atoms with Gasteiger partial charge in [-0.3, -0.25) is 4.68 Å². The van der Waals surface area contributed by atoms with E-state index in [1.54, 1.807) is 6.20 Å². The number of benzene rings is 1. The third-order valence-corrected chi connectivity index (χ3v) is 3.99. The van der Waals surface area contributed by atoms with Gasteiger partial charge in [0.05, 0.1) is 12.3 Å². The van der Waals surface area contributed by atoms with Crippen LogP contribution < -0.4 is 15.8 Å². The van der Waals surface area contributed by atoms with Crippen LogP contribution in [0.3, 0.4) is 0 Å². The van der Waals surface area contributed by atoms with Gasteiger partial charge in [-0.1, -0.05) is 0 Å². The molecule has 1 fully saturated rings. The standard InChI is InChI=1S/C16H22N4O/c1-20-15(6-9-19-20)14-11-12(17)4-5-16(14)21-10-7-13-3-2-8-18-13/h4-6,9,11,13,18H,2-3,7-8,10,17H2,1H3. The molecule has 0 amide bonds. The molecule has 0 saturated carbocycles. The van der Waals surface area contributed by atoms with Crippen LogP contribution in [0.1, 0.15) is 19.3 Å². The van der Waals surface area contributed by atoms with Crippen LogP contribution in [0.2, 0.25) is 0 Å². The molecule has 5 nitrogen and oxygen atoms in total. The maximum absolute atomic E-state index is 6.00. The lowest BCUT2D eigenvalue weighted by molar-refractivity contribution is 0.293. The molecule has 0 aliphatic carbocycles. The molecule has 1 aliphatic heterocycles. The summed E-state index contributed by atoms with van der Waals surface area (Å²) in [6.45, 7) is 1.85. The van der Waals surface area contributed by atoms with Gasteiger partial charge in [0.15, 0.2) is 0 Å². The van der Waals surface area contributed by atoms with Crippen LogP contribution in [0.25, 0.3) is 11.3 Å². The van der Waals surface area contributed by atoms with Gasteiger partial charge in [0.2, 0.25) is 0 Å². The van der Waals surface area contributed by atoms with Crippen molar-refractivity contribution in [3.63, 3.8) is 0 Å². The SMILES string of the molecule is Cn1nccc1-c1cc(N)ccc1OCCC1CCCN1. The van der Waals surface area contributed by atoms with Gasteiger partial charge < -0.3 is 15.8 Å². The first kappa shape index (κ1) is 13.9. The number of nitrogens with two attached hydrogens (primary N) is 1. The Morgan fingerprint density at radius 1 is 1.43 bits per heavy atom. The molecule has 2 aromatic rings. The highest BCUT2D eigenvalue weighted by molar-refractivity contribution is 5.71. The number of anilines is 1. The van der Waals surface area contributed by atoms with Crippen LogP contribution in [-0.4, -0.2) is 29.0 Å². The van der Waals surface area contributed by atoms with Crippen LogP contribution >= 0.6 is 0 Å². The number of hydrogen-bond acceptors (Lipinski definition) is 4. The molecule has 3 rings (SSSR count). The number of aryl methyl sites for hydroxylation is 1. The number of nitrogens with zero attached hydrogens (tertiary/aromatic N) is 2. The highest BCUT2D eigenvalue weighted by Crippen LogP contribution is 2.31. The average molecular weight is 286 g/mol. The molecule has 0 radical (unpaired) electrons. The van der Waals surface area contributed by atoms with Crippen LogP contribution in [0, 0.1) is 0 Å². The third-order valence-electron chi connectivity index (χ3n) is 3.99. The molecule has 1 unspecified atom stereocenters. The minimum absolute atomic E-state index is 0.596. The zero-order chi connectivity index (χ0) is 14.7. The number of nitrogen functional groups attached to an aromatic ring is 1. The Kier molecular flexibility index (Phi) is 4.10. The van der Waals surface area contributed by atoms with Crippen molar-refractivity contribution >= 4 is 5.69 Å². The van der Waals surface area contributed by atoms with Crippen molar-refractivity contribution in [2.45, 2.75) is 25.3 Å². The molecule has 1 aromatic carbocycles. The van der Waals surface area contributed by atoms with E-state index in [1.165, 1.54) is 12.8 Å². The minimum atomic E-state index is 0.596. The molecule has 112 valence electrons. The average Bonchev–Trinajstić information content (AvgIpc) is 3.12. The molecule has 0 bridgehead atoms. The Bertz CT molecular complexity index is 602. The van der Waals surface area contributed by atoms with Crippen LogP contribution in [0.15, 0.2) is 30.5 Å². The van der Waals surface area contributed by atoms with Crippen molar-refractivity contribution in [3.8, 4) is 17.0 Å². The second-order valence-corrected chi connectivity index (χ2v) is 5.53. The zero-order valence-electron chi connectivity index (χ0n) is 12.4. The monoisotopic (exact) mass is 286 g/mol. The quantitative estimate of drug-likeness (QED) is 0.827. The summed E-state index contributed by atoms with van der Waals surface area (Å²) in [7, 11) is 1.92. The maximum atomic E-state index is 6.00. The fourth-order valence-electron chi connectivity index (χ4n) is 2.83. The summed E-state index contributed by atoms with van der Waals surface area (Å²) >= 11 is 0. The highest BCUT2D eigenvalue weighted by atomic mass is 16.5. The molecule has 5 heteroatoms. The third kappa shape index (κ3) is 3.19. The van der Waals surface area contributed by atoms with Gasteiger partial charge in [-0.15, -0.1) is 0 Å². The minimum Gasteiger partial charge on any atom is -0.493 e. The second kappa shape index (κ2) is 6.18. The summed E-state index contributed by atoms with van der Waals surface area (Å²) in [5, 5.41) is 7.71. The van der Waals surface area contributed by atoms with Crippen molar-refractivity contribution in [3.05, 3.63) is 30.5 Å². The van der Waals surface area contributed by atoms with E-state index in [9.17, 15) is 0 Å². The summed E-state index contributed by atoms with van der Waals surface area (Å²) in [6, 6.07) is 8.34. The smallest absolute Gasteiger partial charge is 0.128 e. The molecular formula is C16H22N4O. The Balaban J connectivity index is 1.73. The van der Waals surface area contributed by atoms with E-state index in [0.717, 1.165) is 35.7 Å².